The zero-order chi connectivity index (χ0) is 13.8. The number of hydrogen-bond acceptors (Lipinski definition) is 3. The van der Waals surface area contributed by atoms with E-state index in [2.05, 4.69) is 4.98 Å². The van der Waals surface area contributed by atoms with Crippen LogP contribution in [0.5, 0.6) is 5.75 Å². The van der Waals surface area contributed by atoms with Crippen molar-refractivity contribution in [1.82, 2.24) is 4.98 Å². The van der Waals surface area contributed by atoms with Gasteiger partial charge in [-0.3, -0.25) is 4.98 Å². The predicted octanol–water partition coefficient (Wildman–Crippen LogP) is 2.74. The van der Waals surface area contributed by atoms with Crippen molar-refractivity contribution in [1.29, 1.82) is 0 Å². The molecule has 0 saturated heterocycles. The highest BCUT2D eigenvalue weighted by Crippen LogP contribution is 2.20. The maximum Gasteiger partial charge on any atom is 0.126 e. The Balaban J connectivity index is 2.19. The lowest BCUT2D eigenvalue weighted by Gasteiger charge is -2.11. The molecular weight excluding hydrogens is 263 g/mol. The predicted molar refractivity (Wildman–Crippen MR) is 75.6 cm³/mol. The Morgan fingerprint density at radius 1 is 1.42 bits per heavy atom. The second kappa shape index (κ2) is 5.75. The molecule has 1 aromatic heterocycles. The van der Waals surface area contributed by atoms with Crippen molar-refractivity contribution in [3.63, 3.8) is 0 Å². The molecule has 2 rings (SSSR count). The first-order valence-electron chi connectivity index (χ1n) is 5.70. The maximum atomic E-state index is 13.1. The van der Waals surface area contributed by atoms with Crippen LogP contribution in [0, 0.1) is 12.7 Å². The van der Waals surface area contributed by atoms with E-state index in [1.165, 1.54) is 12.1 Å². The molecule has 3 nitrogen and oxygen atoms in total. The van der Waals surface area contributed by atoms with E-state index in [0.717, 1.165) is 11.1 Å². The molecule has 2 N–H and O–H groups in total. The molecule has 0 radical (unpaired) electrons. The van der Waals surface area contributed by atoms with Crippen molar-refractivity contribution >= 4 is 17.2 Å². The van der Waals surface area contributed by atoms with Gasteiger partial charge in [-0.1, -0.05) is 24.4 Å². The quantitative estimate of drug-likeness (QED) is 0.872. The van der Waals surface area contributed by atoms with E-state index in [9.17, 15) is 4.39 Å². The Bertz CT molecular complexity index is 616. The zero-order valence-electron chi connectivity index (χ0n) is 10.4. The Labute approximate surface area is 116 Å². The van der Waals surface area contributed by atoms with Gasteiger partial charge in [-0.05, 0) is 24.6 Å². The molecule has 2 aromatic rings. The molecule has 0 unspecified atom stereocenters. The van der Waals surface area contributed by atoms with Gasteiger partial charge in [-0.2, -0.15) is 0 Å². The third-order valence-corrected chi connectivity index (χ3v) is 2.85. The number of rotatable bonds is 4. The van der Waals surface area contributed by atoms with Gasteiger partial charge in [0.15, 0.2) is 0 Å². The molecule has 0 aliphatic heterocycles. The van der Waals surface area contributed by atoms with Crippen molar-refractivity contribution in [3.05, 3.63) is 59.2 Å². The lowest BCUT2D eigenvalue weighted by atomic mass is 10.2. The first-order chi connectivity index (χ1) is 9.08. The van der Waals surface area contributed by atoms with E-state index >= 15 is 0 Å². The minimum Gasteiger partial charge on any atom is -0.488 e. The topological polar surface area (TPSA) is 48.1 Å². The molecule has 1 heterocycles. The van der Waals surface area contributed by atoms with Crippen molar-refractivity contribution in [3.8, 4) is 5.75 Å². The van der Waals surface area contributed by atoms with E-state index in [0.29, 0.717) is 11.4 Å². The molecule has 0 atom stereocenters. The third kappa shape index (κ3) is 3.26. The van der Waals surface area contributed by atoms with Gasteiger partial charge >= 0.3 is 0 Å². The van der Waals surface area contributed by atoms with Gasteiger partial charge in [0, 0.05) is 17.8 Å². The van der Waals surface area contributed by atoms with Gasteiger partial charge in [0.1, 0.15) is 28.9 Å². The standard InChI is InChI=1S/C14H13FN2OS/c1-9-4-5-11(15)7-12(9)18-8-10-3-2-6-17-13(10)14(16)19/h2-7H,8H2,1H3,(H2,16,19). The smallest absolute Gasteiger partial charge is 0.126 e. The SMILES string of the molecule is Cc1ccc(F)cc1OCc1cccnc1C(N)=S. The summed E-state index contributed by atoms with van der Waals surface area (Å²) in [5, 5.41) is 0. The number of benzene rings is 1. The Kier molecular flexibility index (Phi) is 4.06. The number of nitrogens with zero attached hydrogens (tertiary/aromatic N) is 1. The zero-order valence-corrected chi connectivity index (χ0v) is 11.2. The van der Waals surface area contributed by atoms with Crippen LogP contribution >= 0.6 is 12.2 Å². The number of aromatic nitrogens is 1. The van der Waals surface area contributed by atoms with Crippen molar-refractivity contribution in [2.75, 3.05) is 0 Å². The van der Waals surface area contributed by atoms with Crippen LogP contribution in [-0.2, 0) is 6.61 Å². The fraction of sp³-hybridized carbons (Fsp3) is 0.143. The second-order valence-corrected chi connectivity index (χ2v) is 4.51. The molecule has 0 bridgehead atoms. The van der Waals surface area contributed by atoms with Gasteiger partial charge < -0.3 is 10.5 Å². The Hall–Kier alpha value is -2.01. The van der Waals surface area contributed by atoms with Crippen molar-refractivity contribution in [2.45, 2.75) is 13.5 Å². The summed E-state index contributed by atoms with van der Waals surface area (Å²) in [4.78, 5) is 4.33. The number of aryl methyl sites for hydroxylation is 1. The number of thiocarbonyl (C=S) groups is 1. The third-order valence-electron chi connectivity index (χ3n) is 2.66. The van der Waals surface area contributed by atoms with Crippen LogP contribution in [0.3, 0.4) is 0 Å². The normalized spacial score (nSPS) is 10.2. The molecule has 0 fully saturated rings. The van der Waals surface area contributed by atoms with Crippen molar-refractivity contribution in [2.24, 2.45) is 5.73 Å². The lowest BCUT2D eigenvalue weighted by molar-refractivity contribution is 0.302. The first kappa shape index (κ1) is 13.4. The maximum absolute atomic E-state index is 13.1. The summed E-state index contributed by atoms with van der Waals surface area (Å²) in [6, 6.07) is 8.02. The fourth-order valence-corrected chi connectivity index (χ4v) is 1.85. The van der Waals surface area contributed by atoms with E-state index in [-0.39, 0.29) is 17.4 Å². The molecule has 0 spiro atoms. The van der Waals surface area contributed by atoms with Gasteiger partial charge in [0.2, 0.25) is 0 Å². The average molecular weight is 276 g/mol. The largest absolute Gasteiger partial charge is 0.488 e. The van der Waals surface area contributed by atoms with Crippen LogP contribution in [0.4, 0.5) is 4.39 Å². The molecule has 5 heteroatoms. The monoisotopic (exact) mass is 276 g/mol. The minimum atomic E-state index is -0.332. The summed E-state index contributed by atoms with van der Waals surface area (Å²) in [6.07, 6.45) is 1.62. The summed E-state index contributed by atoms with van der Waals surface area (Å²) in [6.45, 7) is 2.09. The molecule has 0 amide bonds. The minimum absolute atomic E-state index is 0.218. The van der Waals surface area contributed by atoms with Crippen LogP contribution < -0.4 is 10.5 Å². The molecule has 0 aliphatic rings. The molecule has 98 valence electrons. The second-order valence-electron chi connectivity index (χ2n) is 4.07. The summed E-state index contributed by atoms with van der Waals surface area (Å²) >= 11 is 4.93. The summed E-state index contributed by atoms with van der Waals surface area (Å²) in [7, 11) is 0. The van der Waals surface area contributed by atoms with Gasteiger partial charge in [0.25, 0.3) is 0 Å². The van der Waals surface area contributed by atoms with Crippen LogP contribution in [0.15, 0.2) is 36.5 Å². The Morgan fingerprint density at radius 3 is 2.95 bits per heavy atom. The molecule has 0 saturated carbocycles. The van der Waals surface area contributed by atoms with E-state index in [1.54, 1.807) is 18.3 Å². The highest BCUT2D eigenvalue weighted by Gasteiger charge is 2.08. The van der Waals surface area contributed by atoms with E-state index in [4.69, 9.17) is 22.7 Å². The van der Waals surface area contributed by atoms with Gasteiger partial charge in [0.05, 0.1) is 0 Å². The highest BCUT2D eigenvalue weighted by atomic mass is 32.1. The van der Waals surface area contributed by atoms with Gasteiger partial charge in [-0.15, -0.1) is 0 Å². The number of nitrogens with two attached hydrogens (primary N) is 1. The number of pyridine rings is 1. The van der Waals surface area contributed by atoms with Crippen LogP contribution in [0.2, 0.25) is 0 Å². The Morgan fingerprint density at radius 2 is 2.21 bits per heavy atom. The van der Waals surface area contributed by atoms with Gasteiger partial charge in [-0.25, -0.2) is 4.39 Å². The highest BCUT2D eigenvalue weighted by molar-refractivity contribution is 7.80. The number of halogens is 1. The summed E-state index contributed by atoms with van der Waals surface area (Å²) < 4.78 is 18.7. The van der Waals surface area contributed by atoms with Crippen LogP contribution in [0.25, 0.3) is 0 Å². The molecule has 1 aromatic carbocycles. The summed E-state index contributed by atoms with van der Waals surface area (Å²) in [5.41, 5.74) is 7.76. The first-order valence-corrected chi connectivity index (χ1v) is 6.11. The molecule has 0 aliphatic carbocycles. The average Bonchev–Trinajstić information content (AvgIpc) is 2.40. The lowest BCUT2D eigenvalue weighted by Crippen LogP contribution is -2.15. The van der Waals surface area contributed by atoms with Crippen molar-refractivity contribution < 1.29 is 9.13 Å². The number of hydrogen-bond donors (Lipinski definition) is 1. The van der Waals surface area contributed by atoms with Crippen LogP contribution in [0.1, 0.15) is 16.8 Å². The summed E-state index contributed by atoms with van der Waals surface area (Å²) in [5.74, 6) is 0.166. The fourth-order valence-electron chi connectivity index (χ4n) is 1.66. The van der Waals surface area contributed by atoms with Crippen LogP contribution in [-0.4, -0.2) is 9.97 Å². The van der Waals surface area contributed by atoms with E-state index in [1.807, 2.05) is 13.0 Å². The molecule has 19 heavy (non-hydrogen) atoms. The van der Waals surface area contributed by atoms with E-state index < -0.39 is 0 Å². The molecular formula is C14H13FN2OS. The number of ether oxygens (including phenoxy) is 1.